The van der Waals surface area contributed by atoms with Gasteiger partial charge in [0.1, 0.15) is 11.9 Å². The highest BCUT2D eigenvalue weighted by Crippen LogP contribution is 2.32. The van der Waals surface area contributed by atoms with Crippen LogP contribution in [-0.2, 0) is 4.79 Å². The minimum Gasteiger partial charge on any atom is -0.482 e. The molecule has 128 valence electrons. The molecule has 0 N–H and O–H groups in total. The van der Waals surface area contributed by atoms with Crippen molar-refractivity contribution >= 4 is 23.2 Å². The van der Waals surface area contributed by atoms with Crippen molar-refractivity contribution in [1.29, 1.82) is 0 Å². The summed E-state index contributed by atoms with van der Waals surface area (Å²) < 4.78 is 10.5. The number of carbonyl (C=O) groups is 2. The smallest absolute Gasteiger partial charge is 0.406 e. The van der Waals surface area contributed by atoms with Crippen molar-refractivity contribution in [2.75, 3.05) is 25.2 Å². The summed E-state index contributed by atoms with van der Waals surface area (Å²) in [6, 6.07) is 7.51. The number of anilines is 1. The Morgan fingerprint density at radius 1 is 1.44 bits per heavy atom. The highest BCUT2D eigenvalue weighted by Gasteiger charge is 2.24. The van der Waals surface area contributed by atoms with Crippen LogP contribution in [0.4, 0.5) is 11.5 Å². The topological polar surface area (TPSA) is 112 Å². The van der Waals surface area contributed by atoms with Crippen molar-refractivity contribution in [1.82, 2.24) is 4.98 Å². The molecule has 1 aliphatic heterocycles. The molecular weight excluding hydrogens is 330 g/mol. The first-order valence-corrected chi connectivity index (χ1v) is 7.26. The molecule has 0 aliphatic carbocycles. The first kappa shape index (κ1) is 16.4. The van der Waals surface area contributed by atoms with Crippen molar-refractivity contribution in [3.05, 3.63) is 52.2 Å². The van der Waals surface area contributed by atoms with Crippen LogP contribution in [0.15, 0.2) is 36.5 Å². The molecule has 0 atom stereocenters. The van der Waals surface area contributed by atoms with E-state index in [9.17, 15) is 19.7 Å². The van der Waals surface area contributed by atoms with Gasteiger partial charge in [-0.25, -0.2) is 0 Å². The molecule has 1 amide bonds. The van der Waals surface area contributed by atoms with Gasteiger partial charge in [-0.1, -0.05) is 0 Å². The second-order valence-corrected chi connectivity index (χ2v) is 5.22. The molecule has 2 heterocycles. The van der Waals surface area contributed by atoms with E-state index >= 15 is 0 Å². The summed E-state index contributed by atoms with van der Waals surface area (Å²) in [5.74, 6) is -0.664. The van der Waals surface area contributed by atoms with Crippen molar-refractivity contribution in [2.45, 2.75) is 0 Å². The molecule has 0 unspecified atom stereocenters. The molecule has 3 rings (SSSR count). The lowest BCUT2D eigenvalue weighted by Crippen LogP contribution is -2.35. The summed E-state index contributed by atoms with van der Waals surface area (Å²) in [5, 5.41) is 10.9. The van der Waals surface area contributed by atoms with Gasteiger partial charge in [0.2, 0.25) is 5.75 Å². The fourth-order valence-electron chi connectivity index (χ4n) is 2.30. The Morgan fingerprint density at radius 3 is 3.00 bits per heavy atom. The first-order chi connectivity index (χ1) is 12.0. The molecule has 0 saturated carbocycles. The lowest BCUT2D eigenvalue weighted by atomic mass is 10.1. The van der Waals surface area contributed by atoms with E-state index in [0.717, 1.165) is 0 Å². The van der Waals surface area contributed by atoms with Gasteiger partial charge in [0.15, 0.2) is 19.0 Å². The van der Waals surface area contributed by atoms with Crippen LogP contribution in [0.1, 0.15) is 10.4 Å². The second kappa shape index (κ2) is 6.56. The number of aromatic nitrogens is 1. The number of hydrogen-bond donors (Lipinski definition) is 0. The Bertz CT molecular complexity index is 867. The molecule has 9 nitrogen and oxygen atoms in total. The standard InChI is InChI=1S/C16H13N3O6/c1-18-11-7-10(4-5-13(11)25-9-15(18)21)12(20)8-24-14-3-2-6-17-16(14)19(22)23/h2-7H,8-9H2,1H3. The minimum absolute atomic E-state index is 0.0510. The number of rotatable bonds is 5. The monoisotopic (exact) mass is 343 g/mol. The third-order valence-electron chi connectivity index (χ3n) is 3.65. The number of likely N-dealkylation sites (N-methyl/N-ethyl adjacent to an activating group) is 1. The Kier molecular flexibility index (Phi) is 4.29. The zero-order chi connectivity index (χ0) is 18.0. The fourth-order valence-corrected chi connectivity index (χ4v) is 2.30. The number of nitrogens with zero attached hydrogens (tertiary/aromatic N) is 3. The van der Waals surface area contributed by atoms with Crippen molar-refractivity contribution in [3.63, 3.8) is 0 Å². The van der Waals surface area contributed by atoms with Gasteiger partial charge >= 0.3 is 5.82 Å². The van der Waals surface area contributed by atoms with Gasteiger partial charge < -0.3 is 24.5 Å². The largest absolute Gasteiger partial charge is 0.482 e. The molecule has 1 aromatic carbocycles. The lowest BCUT2D eigenvalue weighted by Gasteiger charge is -2.26. The summed E-state index contributed by atoms with van der Waals surface area (Å²) in [6.07, 6.45) is 1.27. The third-order valence-corrected chi connectivity index (χ3v) is 3.65. The number of fused-ring (bicyclic) bond motifs is 1. The minimum atomic E-state index is -0.684. The van der Waals surface area contributed by atoms with E-state index in [0.29, 0.717) is 17.0 Å². The summed E-state index contributed by atoms with van der Waals surface area (Å²) in [6.45, 7) is -0.450. The van der Waals surface area contributed by atoms with E-state index in [1.54, 1.807) is 19.2 Å². The van der Waals surface area contributed by atoms with E-state index in [2.05, 4.69) is 4.98 Å². The van der Waals surface area contributed by atoms with Crippen molar-refractivity contribution < 1.29 is 24.0 Å². The quantitative estimate of drug-likeness (QED) is 0.460. The molecule has 2 aromatic rings. The van der Waals surface area contributed by atoms with Crippen LogP contribution in [0, 0.1) is 10.1 Å². The van der Waals surface area contributed by atoms with Crippen LogP contribution in [0.3, 0.4) is 0 Å². The summed E-state index contributed by atoms with van der Waals surface area (Å²) >= 11 is 0. The molecule has 1 aromatic heterocycles. The number of amides is 1. The van der Waals surface area contributed by atoms with Gasteiger partial charge in [-0.05, 0) is 40.2 Å². The molecule has 0 saturated heterocycles. The number of ether oxygens (including phenoxy) is 2. The van der Waals surface area contributed by atoms with Crippen molar-refractivity contribution in [2.24, 2.45) is 0 Å². The molecular formula is C16H13N3O6. The van der Waals surface area contributed by atoms with Gasteiger partial charge in [-0.15, -0.1) is 0 Å². The van der Waals surface area contributed by atoms with Gasteiger partial charge in [0, 0.05) is 12.6 Å². The Hall–Kier alpha value is -3.49. The number of carbonyl (C=O) groups excluding carboxylic acids is 2. The highest BCUT2D eigenvalue weighted by molar-refractivity contribution is 6.02. The van der Waals surface area contributed by atoms with E-state index < -0.39 is 23.1 Å². The molecule has 25 heavy (non-hydrogen) atoms. The van der Waals surface area contributed by atoms with Gasteiger partial charge in [-0.2, -0.15) is 0 Å². The predicted octanol–water partition coefficient (Wildman–Crippen LogP) is 1.61. The molecule has 0 spiro atoms. The number of nitro groups is 1. The zero-order valence-corrected chi connectivity index (χ0v) is 13.2. The Morgan fingerprint density at radius 2 is 2.24 bits per heavy atom. The molecule has 0 radical (unpaired) electrons. The van der Waals surface area contributed by atoms with E-state index in [1.165, 1.54) is 29.3 Å². The molecule has 9 heteroatoms. The highest BCUT2D eigenvalue weighted by atomic mass is 16.6. The van der Waals surface area contributed by atoms with E-state index in [1.807, 2.05) is 0 Å². The van der Waals surface area contributed by atoms with Gasteiger partial charge in [-0.3, -0.25) is 9.59 Å². The zero-order valence-electron chi connectivity index (χ0n) is 13.2. The Balaban J connectivity index is 1.77. The number of pyridine rings is 1. The maximum atomic E-state index is 12.3. The van der Waals surface area contributed by atoms with E-state index in [-0.39, 0.29) is 18.3 Å². The fraction of sp³-hybridized carbons (Fsp3) is 0.188. The SMILES string of the molecule is CN1C(=O)COc2ccc(C(=O)COc3cccnc3[N+](=O)[O-])cc21. The van der Waals surface area contributed by atoms with Crippen LogP contribution < -0.4 is 14.4 Å². The normalized spacial score (nSPS) is 13.0. The summed E-state index contributed by atoms with van der Waals surface area (Å²) in [5.41, 5.74) is 0.782. The number of benzene rings is 1. The van der Waals surface area contributed by atoms with Crippen LogP contribution in [0.5, 0.6) is 11.5 Å². The van der Waals surface area contributed by atoms with E-state index in [4.69, 9.17) is 9.47 Å². The Labute approximate surface area is 141 Å². The molecule has 0 bridgehead atoms. The third kappa shape index (κ3) is 3.25. The average Bonchev–Trinajstić information content (AvgIpc) is 2.62. The van der Waals surface area contributed by atoms with Gasteiger partial charge in [0.05, 0.1) is 5.69 Å². The maximum absolute atomic E-state index is 12.3. The summed E-state index contributed by atoms with van der Waals surface area (Å²) in [4.78, 5) is 39.2. The second-order valence-electron chi connectivity index (χ2n) is 5.22. The summed E-state index contributed by atoms with van der Waals surface area (Å²) in [7, 11) is 1.59. The lowest BCUT2D eigenvalue weighted by molar-refractivity contribution is -0.390. The van der Waals surface area contributed by atoms with Crippen molar-refractivity contribution in [3.8, 4) is 11.5 Å². The van der Waals surface area contributed by atoms with Gasteiger partial charge in [0.25, 0.3) is 5.91 Å². The molecule has 1 aliphatic rings. The van der Waals surface area contributed by atoms with Crippen LogP contribution >= 0.6 is 0 Å². The number of ketones is 1. The number of hydrogen-bond acceptors (Lipinski definition) is 7. The number of Topliss-reactive ketones (excluding diaryl/α,β-unsaturated/α-hetero) is 1. The van der Waals surface area contributed by atoms with Crippen LogP contribution in [0.2, 0.25) is 0 Å². The maximum Gasteiger partial charge on any atom is 0.406 e. The van der Waals surface area contributed by atoms with Crippen LogP contribution in [0.25, 0.3) is 0 Å². The first-order valence-electron chi connectivity index (χ1n) is 7.26. The average molecular weight is 343 g/mol. The van der Waals surface area contributed by atoms with Crippen LogP contribution in [-0.4, -0.2) is 41.9 Å². The predicted molar refractivity (Wildman–Crippen MR) is 86.1 cm³/mol. The molecule has 0 fully saturated rings.